The summed E-state index contributed by atoms with van der Waals surface area (Å²) in [5.74, 6) is 0.930. The number of aliphatic hydroxyl groups excluding tert-OH is 1. The quantitative estimate of drug-likeness (QED) is 0.766. The molecule has 4 nitrogen and oxygen atoms in total. The summed E-state index contributed by atoms with van der Waals surface area (Å²) in [6.07, 6.45) is -0.891. The van der Waals surface area contributed by atoms with E-state index >= 15 is 0 Å². The molecule has 3 rings (SSSR count). The van der Waals surface area contributed by atoms with Crippen LogP contribution < -0.4 is 4.74 Å². The van der Waals surface area contributed by atoms with Gasteiger partial charge in [-0.25, -0.2) is 0 Å². The Morgan fingerprint density at radius 3 is 2.25 bits per heavy atom. The van der Waals surface area contributed by atoms with E-state index in [0.29, 0.717) is 0 Å². The van der Waals surface area contributed by atoms with Crippen LogP contribution in [0.3, 0.4) is 0 Å². The second-order valence-corrected chi connectivity index (χ2v) is 4.57. The van der Waals surface area contributed by atoms with Crippen molar-refractivity contribution in [3.05, 3.63) is 59.0 Å². The van der Waals surface area contributed by atoms with E-state index < -0.39 is 12.1 Å². The molecular formula is C16H16O4. The van der Waals surface area contributed by atoms with Crippen LogP contribution in [-0.2, 0) is 4.79 Å². The highest BCUT2D eigenvalue weighted by Crippen LogP contribution is 2.28. The minimum absolute atomic E-state index is 0.167. The molecule has 2 aliphatic rings. The smallest absolute Gasteiger partial charge is 0.305 e. The summed E-state index contributed by atoms with van der Waals surface area (Å²) < 4.78 is 5.64. The summed E-state index contributed by atoms with van der Waals surface area (Å²) in [6.45, 7) is 1.44. The largest absolute Gasteiger partial charge is 0.481 e. The number of aliphatic hydroxyl groups is 1. The number of rotatable bonds is 4. The van der Waals surface area contributed by atoms with Gasteiger partial charge in [-0.15, -0.1) is 0 Å². The average molecular weight is 272 g/mol. The molecule has 0 fully saturated rings. The van der Waals surface area contributed by atoms with E-state index in [4.69, 9.17) is 14.9 Å². The van der Waals surface area contributed by atoms with E-state index in [9.17, 15) is 4.79 Å². The maximum absolute atomic E-state index is 9.65. The summed E-state index contributed by atoms with van der Waals surface area (Å²) in [5.41, 5.74) is 0. The predicted molar refractivity (Wildman–Crippen MR) is 74.6 cm³/mol. The van der Waals surface area contributed by atoms with Crippen molar-refractivity contribution >= 4 is 5.97 Å². The van der Waals surface area contributed by atoms with Crippen molar-refractivity contribution in [3.63, 3.8) is 0 Å². The molecule has 0 amide bonds. The Bertz CT molecular complexity index is 677. The van der Waals surface area contributed by atoms with Gasteiger partial charge in [0.15, 0.2) is 0 Å². The molecule has 104 valence electrons. The number of para-hydroxylation sites is 1. The second kappa shape index (κ2) is 6.21. The fourth-order valence-corrected chi connectivity index (χ4v) is 1.71. The fourth-order valence-electron chi connectivity index (χ4n) is 1.71. The summed E-state index contributed by atoms with van der Waals surface area (Å²) in [4.78, 5) is 9.65. The maximum atomic E-state index is 9.65. The molecule has 1 unspecified atom stereocenters. The van der Waals surface area contributed by atoms with Gasteiger partial charge in [-0.2, -0.15) is 0 Å². The number of benzene rings is 2. The summed E-state index contributed by atoms with van der Waals surface area (Å²) in [6, 6.07) is 16.1. The fraction of sp³-hybridized carbons (Fsp3) is 0.188. The van der Waals surface area contributed by atoms with Gasteiger partial charge in [-0.3, -0.25) is 4.79 Å². The highest BCUT2D eigenvalue weighted by molar-refractivity contribution is 5.67. The third kappa shape index (κ3) is 3.59. The van der Waals surface area contributed by atoms with Gasteiger partial charge < -0.3 is 14.9 Å². The highest BCUT2D eigenvalue weighted by atomic mass is 16.5. The molecule has 0 spiro atoms. The third-order valence-electron chi connectivity index (χ3n) is 2.73. The molecule has 1 atom stereocenters. The Morgan fingerprint density at radius 2 is 1.90 bits per heavy atom. The van der Waals surface area contributed by atoms with Gasteiger partial charge in [0.1, 0.15) is 11.5 Å². The number of hydrogen-bond donors (Lipinski definition) is 2. The minimum Gasteiger partial charge on any atom is -0.481 e. The van der Waals surface area contributed by atoms with Gasteiger partial charge in [0.25, 0.3) is 0 Å². The number of ether oxygens (including phenoxy) is 1. The van der Waals surface area contributed by atoms with Crippen LogP contribution in [0.15, 0.2) is 48.5 Å². The Morgan fingerprint density at radius 1 is 1.20 bits per heavy atom. The zero-order chi connectivity index (χ0) is 14.5. The van der Waals surface area contributed by atoms with E-state index in [1.807, 2.05) is 30.3 Å². The van der Waals surface area contributed by atoms with Gasteiger partial charge in [0, 0.05) is 5.22 Å². The summed E-state index contributed by atoms with van der Waals surface area (Å²) in [5, 5.41) is 18.8. The topological polar surface area (TPSA) is 66.8 Å². The number of hydrogen-bond acceptors (Lipinski definition) is 3. The standard InChI is InChI=1S/C12H8O.C4H8O3/c1-2-4-10(5-3-1)13-12-8-9-6-7-11(9)12;1-3(5)2-4(6)7/h1-8H;3,5H,2H2,1H3,(H,6,7). The molecule has 0 aliphatic heterocycles. The monoisotopic (exact) mass is 272 g/mol. The maximum Gasteiger partial charge on any atom is 0.305 e. The van der Waals surface area contributed by atoms with Crippen molar-refractivity contribution in [1.29, 1.82) is 0 Å². The lowest BCUT2D eigenvalue weighted by Crippen LogP contribution is -2.07. The van der Waals surface area contributed by atoms with Crippen LogP contribution >= 0.6 is 0 Å². The lowest BCUT2D eigenvalue weighted by atomic mass is 10.1. The van der Waals surface area contributed by atoms with Crippen LogP contribution in [0.1, 0.15) is 13.3 Å². The molecule has 0 bridgehead atoms. The molecular weight excluding hydrogens is 256 g/mol. The second-order valence-electron chi connectivity index (χ2n) is 4.57. The Balaban J connectivity index is 0.000000182. The van der Waals surface area contributed by atoms with Crippen molar-refractivity contribution in [2.45, 2.75) is 19.4 Å². The first kappa shape index (κ1) is 14.1. The van der Waals surface area contributed by atoms with Gasteiger partial charge >= 0.3 is 5.97 Å². The molecule has 4 heteroatoms. The Hall–Kier alpha value is -2.33. The van der Waals surface area contributed by atoms with Gasteiger partial charge in [-0.05, 0) is 30.3 Å². The van der Waals surface area contributed by atoms with Crippen LogP contribution in [0.2, 0.25) is 0 Å². The van der Waals surface area contributed by atoms with E-state index in [1.165, 1.54) is 17.4 Å². The molecule has 2 N–H and O–H groups in total. The molecule has 0 aromatic heterocycles. The van der Waals surface area contributed by atoms with Crippen molar-refractivity contribution < 1.29 is 19.7 Å². The Labute approximate surface area is 116 Å². The van der Waals surface area contributed by atoms with Crippen molar-refractivity contribution in [2.24, 2.45) is 0 Å². The number of carboxylic acids is 1. The molecule has 0 heterocycles. The zero-order valence-corrected chi connectivity index (χ0v) is 11.1. The van der Waals surface area contributed by atoms with Gasteiger partial charge in [0.05, 0.1) is 12.5 Å². The molecule has 20 heavy (non-hydrogen) atoms. The third-order valence-corrected chi connectivity index (χ3v) is 2.73. The van der Waals surface area contributed by atoms with Crippen molar-refractivity contribution in [3.8, 4) is 11.5 Å². The van der Waals surface area contributed by atoms with Gasteiger partial charge in [0.2, 0.25) is 0 Å². The van der Waals surface area contributed by atoms with E-state index in [-0.39, 0.29) is 6.42 Å². The normalized spacial score (nSPS) is 11.9. The van der Waals surface area contributed by atoms with Crippen LogP contribution in [0, 0.1) is 10.4 Å². The first-order chi connectivity index (χ1) is 9.56. The van der Waals surface area contributed by atoms with E-state index in [0.717, 1.165) is 11.5 Å². The van der Waals surface area contributed by atoms with Gasteiger partial charge in [-0.1, -0.05) is 30.3 Å². The number of carbonyl (C=O) groups is 1. The lowest BCUT2D eigenvalue weighted by molar-refractivity contribution is -0.138. The lowest BCUT2D eigenvalue weighted by Gasteiger charge is -2.12. The zero-order valence-electron chi connectivity index (χ0n) is 11.1. The van der Waals surface area contributed by atoms with E-state index in [2.05, 4.69) is 18.2 Å². The molecule has 0 saturated carbocycles. The Kier molecular flexibility index (Phi) is 4.38. The summed E-state index contributed by atoms with van der Waals surface area (Å²) >= 11 is 0. The first-order valence-corrected chi connectivity index (χ1v) is 6.33. The first-order valence-electron chi connectivity index (χ1n) is 6.33. The summed E-state index contributed by atoms with van der Waals surface area (Å²) in [7, 11) is 0. The van der Waals surface area contributed by atoms with Crippen LogP contribution in [0.5, 0.6) is 11.5 Å². The van der Waals surface area contributed by atoms with Crippen molar-refractivity contribution in [2.75, 3.05) is 0 Å². The van der Waals surface area contributed by atoms with Crippen LogP contribution in [0.25, 0.3) is 0 Å². The average Bonchev–Trinajstić information content (AvgIpc) is 2.35. The predicted octanol–water partition coefficient (Wildman–Crippen LogP) is 2.92. The number of aliphatic carboxylic acids is 1. The molecule has 2 aliphatic carbocycles. The molecule has 0 radical (unpaired) electrons. The van der Waals surface area contributed by atoms with E-state index in [1.54, 1.807) is 0 Å². The van der Waals surface area contributed by atoms with Crippen molar-refractivity contribution in [1.82, 2.24) is 0 Å². The molecule has 1 aromatic rings. The SMILES string of the molecule is CC(O)CC(=O)O.c1ccc(Oc2cc3ccc2=3)cc1. The molecule has 1 aromatic carbocycles. The number of carboxylic acid groups (broad SMARTS) is 1. The highest BCUT2D eigenvalue weighted by Gasteiger charge is 2.07. The van der Waals surface area contributed by atoms with Crippen LogP contribution in [-0.4, -0.2) is 22.3 Å². The van der Waals surface area contributed by atoms with Crippen LogP contribution in [0.4, 0.5) is 0 Å². The minimum atomic E-state index is -0.963. The molecule has 0 saturated heterocycles.